The second-order valence-corrected chi connectivity index (χ2v) is 6.71. The summed E-state index contributed by atoms with van der Waals surface area (Å²) >= 11 is 0. The van der Waals surface area contributed by atoms with Crippen LogP contribution < -0.4 is 5.73 Å². The van der Waals surface area contributed by atoms with Crippen molar-refractivity contribution in [2.24, 2.45) is 12.8 Å². The van der Waals surface area contributed by atoms with Crippen molar-refractivity contribution in [1.29, 1.82) is 0 Å². The molecule has 1 heterocycles. The van der Waals surface area contributed by atoms with Crippen LogP contribution in [0.4, 0.5) is 0 Å². The summed E-state index contributed by atoms with van der Waals surface area (Å²) in [5.41, 5.74) is 14.2. The van der Waals surface area contributed by atoms with Gasteiger partial charge in [-0.25, -0.2) is 0 Å². The van der Waals surface area contributed by atoms with Crippen molar-refractivity contribution >= 4 is 10.9 Å². The molecule has 120 valence electrons. The van der Waals surface area contributed by atoms with Gasteiger partial charge in [-0.2, -0.15) is 0 Å². The number of rotatable bonds is 4. The molecule has 2 aromatic carbocycles. The summed E-state index contributed by atoms with van der Waals surface area (Å²) in [6, 6.07) is 15.4. The third kappa shape index (κ3) is 2.91. The summed E-state index contributed by atoms with van der Waals surface area (Å²) < 4.78 is 2.29. The Morgan fingerprint density at radius 3 is 2.30 bits per heavy atom. The Hall–Kier alpha value is -2.06. The molecule has 2 nitrogen and oxygen atoms in total. The maximum absolute atomic E-state index is 6.19. The van der Waals surface area contributed by atoms with Gasteiger partial charge >= 0.3 is 0 Å². The number of nitrogens with two attached hydrogens (primary N) is 1. The Morgan fingerprint density at radius 1 is 1.00 bits per heavy atom. The fraction of sp³-hybridized carbons (Fsp3) is 0.333. The highest BCUT2D eigenvalue weighted by Crippen LogP contribution is 2.33. The molecule has 0 fully saturated rings. The number of para-hydroxylation sites is 1. The number of benzene rings is 2. The topological polar surface area (TPSA) is 30.9 Å². The summed E-state index contributed by atoms with van der Waals surface area (Å²) in [4.78, 5) is 0. The molecule has 23 heavy (non-hydrogen) atoms. The van der Waals surface area contributed by atoms with Crippen LogP contribution in [0.25, 0.3) is 10.9 Å². The number of fused-ring (bicyclic) bond motifs is 1. The Bertz CT molecular complexity index is 822. The van der Waals surface area contributed by atoms with Crippen molar-refractivity contribution in [2.75, 3.05) is 6.54 Å². The van der Waals surface area contributed by atoms with Crippen LogP contribution in [0.5, 0.6) is 0 Å². The lowest BCUT2D eigenvalue weighted by Gasteiger charge is -2.17. The smallest absolute Gasteiger partial charge is 0.0482 e. The Labute approximate surface area is 138 Å². The molecule has 0 aliphatic rings. The number of hydrogen-bond acceptors (Lipinski definition) is 1. The summed E-state index contributed by atoms with van der Waals surface area (Å²) in [7, 11) is 2.14. The van der Waals surface area contributed by atoms with E-state index in [-0.39, 0.29) is 0 Å². The van der Waals surface area contributed by atoms with E-state index >= 15 is 0 Å². The third-order valence-electron chi connectivity index (χ3n) is 4.90. The fourth-order valence-corrected chi connectivity index (χ4v) is 3.84. The summed E-state index contributed by atoms with van der Waals surface area (Å²) in [5.74, 6) is 0.349. The van der Waals surface area contributed by atoms with Crippen molar-refractivity contribution in [1.82, 2.24) is 4.57 Å². The molecule has 0 amide bonds. The zero-order valence-corrected chi connectivity index (χ0v) is 14.6. The number of aryl methyl sites for hydroxylation is 3. The van der Waals surface area contributed by atoms with Gasteiger partial charge in [-0.1, -0.05) is 47.5 Å². The van der Waals surface area contributed by atoms with Gasteiger partial charge in [0.1, 0.15) is 0 Å². The van der Waals surface area contributed by atoms with Crippen molar-refractivity contribution < 1.29 is 0 Å². The molecule has 2 heteroatoms. The first-order valence-electron chi connectivity index (χ1n) is 8.32. The lowest BCUT2D eigenvalue weighted by molar-refractivity contribution is 0.688. The van der Waals surface area contributed by atoms with Crippen LogP contribution in [0.1, 0.15) is 33.9 Å². The molecule has 1 aromatic heterocycles. The van der Waals surface area contributed by atoms with Crippen molar-refractivity contribution in [3.8, 4) is 0 Å². The highest BCUT2D eigenvalue weighted by Gasteiger charge is 2.20. The monoisotopic (exact) mass is 306 g/mol. The van der Waals surface area contributed by atoms with Gasteiger partial charge < -0.3 is 10.3 Å². The van der Waals surface area contributed by atoms with Gasteiger partial charge in [-0.3, -0.25) is 0 Å². The highest BCUT2D eigenvalue weighted by atomic mass is 14.9. The molecule has 3 aromatic rings. The van der Waals surface area contributed by atoms with E-state index < -0.39 is 0 Å². The van der Waals surface area contributed by atoms with Crippen LogP contribution in [0.15, 0.2) is 42.5 Å². The van der Waals surface area contributed by atoms with Gasteiger partial charge in [0.25, 0.3) is 0 Å². The van der Waals surface area contributed by atoms with Crippen molar-refractivity contribution in [3.05, 3.63) is 70.4 Å². The predicted molar refractivity (Wildman–Crippen MR) is 99.1 cm³/mol. The fourth-order valence-electron chi connectivity index (χ4n) is 3.84. The molecule has 2 N–H and O–H groups in total. The second kappa shape index (κ2) is 6.21. The van der Waals surface area contributed by atoms with Gasteiger partial charge in [-0.15, -0.1) is 0 Å². The molecule has 0 bridgehead atoms. The molecule has 1 unspecified atom stereocenters. The van der Waals surface area contributed by atoms with Crippen LogP contribution in [0.3, 0.4) is 0 Å². The minimum atomic E-state index is 0.349. The van der Waals surface area contributed by atoms with Crippen LogP contribution >= 0.6 is 0 Å². The molecule has 1 atom stereocenters. The molecule has 0 aliphatic carbocycles. The van der Waals surface area contributed by atoms with Gasteiger partial charge in [0.2, 0.25) is 0 Å². The highest BCUT2D eigenvalue weighted by molar-refractivity contribution is 5.86. The zero-order valence-electron chi connectivity index (χ0n) is 14.6. The summed E-state index contributed by atoms with van der Waals surface area (Å²) in [5, 5.41) is 1.34. The third-order valence-corrected chi connectivity index (χ3v) is 4.90. The van der Waals surface area contributed by atoms with E-state index in [0.29, 0.717) is 12.5 Å². The van der Waals surface area contributed by atoms with Gasteiger partial charge in [0.15, 0.2) is 0 Å². The number of aromatic nitrogens is 1. The molecule has 0 saturated carbocycles. The number of hydrogen-bond donors (Lipinski definition) is 1. The van der Waals surface area contributed by atoms with Crippen molar-refractivity contribution in [2.45, 2.75) is 33.1 Å². The van der Waals surface area contributed by atoms with E-state index in [1.807, 2.05) is 0 Å². The Morgan fingerprint density at radius 2 is 1.65 bits per heavy atom. The van der Waals surface area contributed by atoms with Gasteiger partial charge in [0, 0.05) is 29.6 Å². The first-order valence-corrected chi connectivity index (χ1v) is 8.32. The molecule has 0 spiro atoms. The maximum atomic E-state index is 6.19. The summed E-state index contributed by atoms with van der Waals surface area (Å²) in [6.07, 6.45) is 0.994. The SMILES string of the molecule is Cc1cc(C)cc(CC(CN)c2c(C)n(C)c3ccccc23)c1. The molecular weight excluding hydrogens is 280 g/mol. The van der Waals surface area contributed by atoms with E-state index in [0.717, 1.165) is 6.42 Å². The molecular formula is C21H26N2. The molecule has 0 saturated heterocycles. The minimum absolute atomic E-state index is 0.349. The lowest BCUT2D eigenvalue weighted by atomic mass is 9.89. The first kappa shape index (κ1) is 15.8. The van der Waals surface area contributed by atoms with E-state index in [9.17, 15) is 0 Å². The van der Waals surface area contributed by atoms with E-state index in [4.69, 9.17) is 5.73 Å². The average Bonchev–Trinajstić information content (AvgIpc) is 2.76. The van der Waals surface area contributed by atoms with E-state index in [1.54, 1.807) is 0 Å². The molecule has 0 radical (unpaired) electrons. The Balaban J connectivity index is 2.06. The van der Waals surface area contributed by atoms with Gasteiger partial charge in [0.05, 0.1) is 0 Å². The quantitative estimate of drug-likeness (QED) is 0.761. The Kier molecular flexibility index (Phi) is 4.27. The van der Waals surface area contributed by atoms with Gasteiger partial charge in [-0.05, 0) is 50.9 Å². The van der Waals surface area contributed by atoms with Crippen LogP contribution in [0.2, 0.25) is 0 Å². The van der Waals surface area contributed by atoms with Crippen LogP contribution in [-0.4, -0.2) is 11.1 Å². The van der Waals surface area contributed by atoms with Crippen molar-refractivity contribution in [3.63, 3.8) is 0 Å². The summed E-state index contributed by atoms with van der Waals surface area (Å²) in [6.45, 7) is 7.20. The zero-order chi connectivity index (χ0) is 16.6. The minimum Gasteiger partial charge on any atom is -0.348 e. The average molecular weight is 306 g/mol. The number of nitrogens with zero attached hydrogens (tertiary/aromatic N) is 1. The largest absolute Gasteiger partial charge is 0.348 e. The molecule has 3 rings (SSSR count). The second-order valence-electron chi connectivity index (χ2n) is 6.71. The standard InChI is InChI=1S/C21H26N2/c1-14-9-15(2)11-17(10-14)12-18(13-22)21-16(3)23(4)20-8-6-5-7-19(20)21/h5-11,18H,12-13,22H2,1-4H3. The van der Waals surface area contributed by atoms with Crippen LogP contribution in [0, 0.1) is 20.8 Å². The predicted octanol–water partition coefficient (Wildman–Crippen LogP) is 4.39. The first-order chi connectivity index (χ1) is 11.0. The van der Waals surface area contributed by atoms with Crippen LogP contribution in [-0.2, 0) is 13.5 Å². The van der Waals surface area contributed by atoms with E-state index in [2.05, 4.69) is 74.9 Å². The molecule has 0 aliphatic heterocycles. The normalized spacial score (nSPS) is 12.7. The lowest BCUT2D eigenvalue weighted by Crippen LogP contribution is -2.16. The van der Waals surface area contributed by atoms with E-state index in [1.165, 1.54) is 38.9 Å². The maximum Gasteiger partial charge on any atom is 0.0482 e.